The van der Waals surface area contributed by atoms with Crippen LogP contribution in [0, 0.1) is 0 Å². The molecule has 2 aliphatic rings. The van der Waals surface area contributed by atoms with E-state index in [9.17, 15) is 4.79 Å². The first kappa shape index (κ1) is 15.3. The maximum Gasteiger partial charge on any atom is 0.241 e. The van der Waals surface area contributed by atoms with E-state index in [4.69, 9.17) is 11.6 Å². The minimum Gasteiger partial charge on any atom is -0.335 e. The molecular formula is C20H19ClN2O. The molecule has 24 heavy (non-hydrogen) atoms. The molecule has 0 spiro atoms. The van der Waals surface area contributed by atoms with Crippen molar-refractivity contribution in [1.82, 2.24) is 5.32 Å². The Bertz CT molecular complexity index is 841. The van der Waals surface area contributed by atoms with E-state index in [1.54, 1.807) is 0 Å². The number of benzene rings is 2. The van der Waals surface area contributed by atoms with Crippen LogP contribution in [0.3, 0.4) is 0 Å². The van der Waals surface area contributed by atoms with Crippen LogP contribution >= 0.6 is 11.6 Å². The van der Waals surface area contributed by atoms with Gasteiger partial charge >= 0.3 is 0 Å². The summed E-state index contributed by atoms with van der Waals surface area (Å²) in [5.41, 5.74) is 2.65. The van der Waals surface area contributed by atoms with Gasteiger partial charge in [-0.05, 0) is 35.4 Å². The van der Waals surface area contributed by atoms with Crippen LogP contribution in [0.2, 0.25) is 5.02 Å². The van der Waals surface area contributed by atoms with Crippen LogP contribution in [0.5, 0.6) is 0 Å². The molecule has 0 unspecified atom stereocenters. The van der Waals surface area contributed by atoms with Crippen LogP contribution in [0.25, 0.3) is 6.08 Å². The second kappa shape index (κ2) is 5.12. The zero-order valence-electron chi connectivity index (χ0n) is 13.7. The maximum absolute atomic E-state index is 12.2. The fourth-order valence-electron chi connectivity index (χ4n) is 3.93. The van der Waals surface area contributed by atoms with E-state index in [1.165, 1.54) is 5.56 Å². The molecule has 1 saturated heterocycles. The highest BCUT2D eigenvalue weighted by Crippen LogP contribution is 2.52. The van der Waals surface area contributed by atoms with Gasteiger partial charge in [0.1, 0.15) is 5.66 Å². The van der Waals surface area contributed by atoms with E-state index in [1.807, 2.05) is 30.3 Å². The lowest BCUT2D eigenvalue weighted by Crippen LogP contribution is -2.58. The fraction of sp³-hybridized carbons (Fsp3) is 0.250. The molecule has 1 fully saturated rings. The zero-order valence-corrected chi connectivity index (χ0v) is 14.5. The van der Waals surface area contributed by atoms with Crippen molar-refractivity contribution >= 4 is 29.3 Å². The molecule has 0 saturated carbocycles. The van der Waals surface area contributed by atoms with Crippen molar-refractivity contribution in [1.29, 1.82) is 0 Å². The number of nitrogens with zero attached hydrogens (tertiary/aromatic N) is 1. The Morgan fingerprint density at radius 3 is 2.58 bits per heavy atom. The molecule has 4 heteroatoms. The first-order chi connectivity index (χ1) is 11.4. The van der Waals surface area contributed by atoms with Crippen molar-refractivity contribution in [2.45, 2.75) is 24.9 Å². The summed E-state index contributed by atoms with van der Waals surface area (Å²) in [6.45, 7) is 4.75. The van der Waals surface area contributed by atoms with Gasteiger partial charge in [0.05, 0.1) is 6.54 Å². The first-order valence-corrected chi connectivity index (χ1v) is 8.45. The molecule has 0 aromatic heterocycles. The second-order valence-electron chi connectivity index (χ2n) is 6.93. The zero-order chi connectivity index (χ0) is 16.9. The van der Waals surface area contributed by atoms with E-state index in [0.29, 0.717) is 6.54 Å². The molecule has 1 amide bonds. The Hall–Kier alpha value is -2.26. The molecule has 0 radical (unpaired) electrons. The number of para-hydroxylation sites is 1. The van der Waals surface area contributed by atoms with Crippen LogP contribution in [-0.2, 0) is 10.2 Å². The highest BCUT2D eigenvalue weighted by molar-refractivity contribution is 6.30. The van der Waals surface area contributed by atoms with Gasteiger partial charge < -0.3 is 10.2 Å². The Morgan fingerprint density at radius 2 is 1.83 bits per heavy atom. The van der Waals surface area contributed by atoms with Crippen LogP contribution in [0.15, 0.2) is 54.6 Å². The van der Waals surface area contributed by atoms with E-state index in [-0.39, 0.29) is 11.3 Å². The first-order valence-electron chi connectivity index (χ1n) is 8.07. The topological polar surface area (TPSA) is 32.3 Å². The lowest BCUT2D eigenvalue weighted by Gasteiger charge is -2.40. The summed E-state index contributed by atoms with van der Waals surface area (Å²) < 4.78 is 0. The van der Waals surface area contributed by atoms with E-state index >= 15 is 0 Å². The summed E-state index contributed by atoms with van der Waals surface area (Å²) in [7, 11) is 0. The molecule has 1 N–H and O–H groups in total. The van der Waals surface area contributed by atoms with E-state index in [0.717, 1.165) is 16.3 Å². The average molecular weight is 339 g/mol. The number of amides is 1. The van der Waals surface area contributed by atoms with Gasteiger partial charge in [0, 0.05) is 16.1 Å². The number of nitrogens with one attached hydrogen (secondary N) is 1. The lowest BCUT2D eigenvalue weighted by molar-refractivity contribution is -0.118. The molecule has 0 bridgehead atoms. The van der Waals surface area contributed by atoms with Gasteiger partial charge in [-0.15, -0.1) is 0 Å². The predicted molar refractivity (Wildman–Crippen MR) is 98.2 cm³/mol. The number of carbonyl (C=O) groups is 1. The smallest absolute Gasteiger partial charge is 0.241 e. The second-order valence-corrected chi connectivity index (χ2v) is 7.36. The highest BCUT2D eigenvalue weighted by Gasteiger charge is 2.59. The maximum atomic E-state index is 12.2. The predicted octanol–water partition coefficient (Wildman–Crippen LogP) is 3.98. The third-order valence-corrected chi connectivity index (χ3v) is 5.52. The third kappa shape index (κ3) is 2.01. The number of anilines is 1. The van der Waals surface area contributed by atoms with Crippen LogP contribution in [0.1, 0.15) is 25.0 Å². The van der Waals surface area contributed by atoms with Crippen molar-refractivity contribution < 1.29 is 4.79 Å². The van der Waals surface area contributed by atoms with Gasteiger partial charge in [0.2, 0.25) is 5.91 Å². The fourth-order valence-corrected chi connectivity index (χ4v) is 4.06. The van der Waals surface area contributed by atoms with E-state index < -0.39 is 5.66 Å². The number of hydrogen-bond donors (Lipinski definition) is 1. The number of carbonyl (C=O) groups excluding carboxylic acids is 1. The summed E-state index contributed by atoms with van der Waals surface area (Å²) in [6.07, 6.45) is 4.17. The summed E-state index contributed by atoms with van der Waals surface area (Å²) in [5, 5.41) is 3.94. The Labute approximate surface area is 146 Å². The van der Waals surface area contributed by atoms with Crippen molar-refractivity contribution in [3.05, 3.63) is 70.8 Å². The van der Waals surface area contributed by atoms with Gasteiger partial charge in [0.25, 0.3) is 0 Å². The van der Waals surface area contributed by atoms with Crippen LogP contribution in [0.4, 0.5) is 5.69 Å². The van der Waals surface area contributed by atoms with Gasteiger partial charge in [-0.1, -0.05) is 61.9 Å². The molecule has 4 rings (SSSR count). The SMILES string of the molecule is CC1(C)c2ccccc2N2CC(=O)N[C@@]21/C=C/c1ccc(Cl)cc1. The van der Waals surface area contributed by atoms with E-state index in [2.05, 4.69) is 54.4 Å². The van der Waals surface area contributed by atoms with Gasteiger partial charge in [-0.25, -0.2) is 0 Å². The normalized spacial score (nSPS) is 24.1. The highest BCUT2D eigenvalue weighted by atomic mass is 35.5. The summed E-state index contributed by atoms with van der Waals surface area (Å²) >= 11 is 5.96. The van der Waals surface area contributed by atoms with Crippen molar-refractivity contribution in [2.75, 3.05) is 11.4 Å². The minimum absolute atomic E-state index is 0.0540. The Morgan fingerprint density at radius 1 is 1.12 bits per heavy atom. The van der Waals surface area contributed by atoms with Gasteiger partial charge in [0.15, 0.2) is 0 Å². The van der Waals surface area contributed by atoms with Crippen molar-refractivity contribution in [2.24, 2.45) is 0 Å². The number of fused-ring (bicyclic) bond motifs is 3. The number of halogens is 1. The molecule has 122 valence electrons. The molecule has 0 aliphatic carbocycles. The van der Waals surface area contributed by atoms with Gasteiger partial charge in [-0.2, -0.15) is 0 Å². The monoisotopic (exact) mass is 338 g/mol. The average Bonchev–Trinajstić information content (AvgIpc) is 2.99. The molecule has 2 heterocycles. The van der Waals surface area contributed by atoms with Gasteiger partial charge in [-0.3, -0.25) is 4.79 Å². The van der Waals surface area contributed by atoms with Crippen LogP contribution in [-0.4, -0.2) is 18.1 Å². The minimum atomic E-state index is -0.548. The Kier molecular flexibility index (Phi) is 3.26. The largest absolute Gasteiger partial charge is 0.335 e. The molecular weight excluding hydrogens is 320 g/mol. The molecule has 1 atom stereocenters. The summed E-state index contributed by atoms with van der Waals surface area (Å²) in [5.74, 6) is 0.0540. The molecule has 3 nitrogen and oxygen atoms in total. The number of rotatable bonds is 2. The van der Waals surface area contributed by atoms with Crippen molar-refractivity contribution in [3.8, 4) is 0 Å². The third-order valence-electron chi connectivity index (χ3n) is 5.27. The quantitative estimate of drug-likeness (QED) is 0.898. The summed E-state index contributed by atoms with van der Waals surface area (Å²) in [4.78, 5) is 14.4. The summed E-state index contributed by atoms with van der Waals surface area (Å²) in [6, 6.07) is 16.0. The molecule has 2 aromatic rings. The lowest BCUT2D eigenvalue weighted by atomic mass is 9.75. The number of hydrogen-bond acceptors (Lipinski definition) is 2. The van der Waals surface area contributed by atoms with Crippen LogP contribution < -0.4 is 10.2 Å². The standard InChI is InChI=1S/C20H19ClN2O/c1-19(2)16-5-3-4-6-17(16)23-13-18(24)22-20(19,23)12-11-14-7-9-15(21)10-8-14/h3-12H,13H2,1-2H3,(H,22,24)/b12-11+/t20-/m0/s1. The van der Waals surface area contributed by atoms with Crippen molar-refractivity contribution in [3.63, 3.8) is 0 Å². The molecule has 2 aromatic carbocycles. The Balaban J connectivity index is 1.82. The molecule has 2 aliphatic heterocycles.